The molecule has 0 radical (unpaired) electrons. The van der Waals surface area contributed by atoms with E-state index in [1.165, 1.54) is 11.1 Å². The number of benzene rings is 2. The molecule has 0 spiro atoms. The van der Waals surface area contributed by atoms with Crippen molar-refractivity contribution >= 4 is 11.7 Å². The van der Waals surface area contributed by atoms with Crippen molar-refractivity contribution < 1.29 is 14.3 Å². The van der Waals surface area contributed by atoms with Gasteiger partial charge in [-0.15, -0.1) is 0 Å². The lowest BCUT2D eigenvalue weighted by atomic mass is 10.1. The highest BCUT2D eigenvalue weighted by Gasteiger charge is 2.11. The highest BCUT2D eigenvalue weighted by molar-refractivity contribution is 5.89. The molecule has 4 rings (SSSR count). The summed E-state index contributed by atoms with van der Waals surface area (Å²) in [6, 6.07) is 17.0. The Balaban J connectivity index is 1.25. The molecule has 3 aromatic rings. The van der Waals surface area contributed by atoms with E-state index in [0.717, 1.165) is 16.9 Å². The predicted octanol–water partition coefficient (Wildman–Crippen LogP) is 4.01. The third kappa shape index (κ3) is 4.66. The highest BCUT2D eigenvalue weighted by Crippen LogP contribution is 2.21. The number of ether oxygens (including phenoxy) is 2. The maximum absolute atomic E-state index is 12.1. The zero-order valence-corrected chi connectivity index (χ0v) is 15.4. The maximum atomic E-state index is 12.1. The van der Waals surface area contributed by atoms with Crippen molar-refractivity contribution in [1.29, 1.82) is 0 Å². The molecule has 28 heavy (non-hydrogen) atoms. The maximum Gasteiger partial charge on any atom is 0.319 e. The Bertz CT molecular complexity index is 943. The summed E-state index contributed by atoms with van der Waals surface area (Å²) in [6.07, 6.45) is 3.50. The summed E-state index contributed by atoms with van der Waals surface area (Å²) in [6.45, 7) is 2.23. The largest absolute Gasteiger partial charge is 0.489 e. The predicted molar refractivity (Wildman–Crippen MR) is 106 cm³/mol. The lowest BCUT2D eigenvalue weighted by Crippen LogP contribution is -2.28. The summed E-state index contributed by atoms with van der Waals surface area (Å²) >= 11 is 0. The van der Waals surface area contributed by atoms with Gasteiger partial charge >= 0.3 is 6.03 Å². The molecule has 0 aliphatic carbocycles. The number of aromatic nitrogens is 1. The molecule has 1 aliphatic rings. The van der Waals surface area contributed by atoms with Crippen LogP contribution in [0.5, 0.6) is 5.75 Å². The molecule has 0 unspecified atom stereocenters. The van der Waals surface area contributed by atoms with Gasteiger partial charge in [-0.25, -0.2) is 4.79 Å². The van der Waals surface area contributed by atoms with Gasteiger partial charge in [0.05, 0.1) is 13.2 Å². The molecule has 0 bridgehead atoms. The fourth-order valence-electron chi connectivity index (χ4n) is 2.98. The molecule has 1 aliphatic heterocycles. The monoisotopic (exact) mass is 375 g/mol. The van der Waals surface area contributed by atoms with E-state index in [-0.39, 0.29) is 6.03 Å². The van der Waals surface area contributed by atoms with E-state index in [4.69, 9.17) is 9.47 Å². The number of carbonyl (C=O) groups excluding carboxylic acids is 1. The minimum absolute atomic E-state index is 0.249. The first-order valence-electron chi connectivity index (χ1n) is 9.11. The van der Waals surface area contributed by atoms with Crippen molar-refractivity contribution in [2.75, 3.05) is 5.32 Å². The third-order valence-electron chi connectivity index (χ3n) is 4.48. The molecule has 0 saturated heterocycles. The van der Waals surface area contributed by atoms with E-state index in [1.54, 1.807) is 12.4 Å². The molecular weight excluding hydrogens is 354 g/mol. The number of fused-ring (bicyclic) bond motifs is 1. The number of hydrogen-bond acceptors (Lipinski definition) is 4. The third-order valence-corrected chi connectivity index (χ3v) is 4.48. The summed E-state index contributed by atoms with van der Waals surface area (Å²) in [5.74, 6) is 0.732. The van der Waals surface area contributed by atoms with Gasteiger partial charge < -0.3 is 20.1 Å². The number of nitrogens with zero attached hydrogens (tertiary/aromatic N) is 1. The van der Waals surface area contributed by atoms with Gasteiger partial charge in [0.1, 0.15) is 12.4 Å². The highest BCUT2D eigenvalue weighted by atomic mass is 16.5. The van der Waals surface area contributed by atoms with Gasteiger partial charge in [0.25, 0.3) is 0 Å². The van der Waals surface area contributed by atoms with E-state index < -0.39 is 0 Å². The number of hydrogen-bond donors (Lipinski definition) is 2. The fraction of sp³-hybridized carbons (Fsp3) is 0.182. The van der Waals surface area contributed by atoms with Crippen LogP contribution in [0, 0.1) is 0 Å². The van der Waals surface area contributed by atoms with Crippen molar-refractivity contribution in [2.24, 2.45) is 0 Å². The van der Waals surface area contributed by atoms with Gasteiger partial charge in [0.2, 0.25) is 0 Å². The number of pyridine rings is 1. The van der Waals surface area contributed by atoms with E-state index in [9.17, 15) is 4.79 Å². The van der Waals surface area contributed by atoms with Crippen molar-refractivity contribution in [3.63, 3.8) is 0 Å². The normalized spacial score (nSPS) is 12.3. The first kappa shape index (κ1) is 18.0. The number of anilines is 1. The number of urea groups is 1. The van der Waals surface area contributed by atoms with Crippen LogP contribution in [0.25, 0.3) is 0 Å². The van der Waals surface area contributed by atoms with Crippen LogP contribution in [0.2, 0.25) is 0 Å². The number of rotatable bonds is 6. The molecule has 6 heteroatoms. The lowest BCUT2D eigenvalue weighted by molar-refractivity contribution is 0.134. The Morgan fingerprint density at radius 3 is 2.71 bits per heavy atom. The van der Waals surface area contributed by atoms with Crippen LogP contribution in [0.15, 0.2) is 67.0 Å². The zero-order chi connectivity index (χ0) is 19.2. The standard InChI is InChI=1S/C22H21N3O3/c26-22(24-12-16-3-4-18-14-27-15-19(18)10-16)25-20-5-7-21(8-6-20)28-13-17-2-1-9-23-11-17/h1-11H,12-15H2,(H2,24,25,26). The van der Waals surface area contributed by atoms with Crippen molar-refractivity contribution in [1.82, 2.24) is 10.3 Å². The molecule has 2 aromatic carbocycles. The van der Waals surface area contributed by atoms with Gasteiger partial charge in [-0.3, -0.25) is 4.98 Å². The summed E-state index contributed by atoms with van der Waals surface area (Å²) < 4.78 is 11.1. The van der Waals surface area contributed by atoms with Crippen LogP contribution >= 0.6 is 0 Å². The van der Waals surface area contributed by atoms with Crippen LogP contribution in [0.1, 0.15) is 22.3 Å². The van der Waals surface area contributed by atoms with Gasteiger partial charge in [0.15, 0.2) is 0 Å². The first-order chi connectivity index (χ1) is 13.8. The summed E-state index contributed by atoms with van der Waals surface area (Å²) in [5.41, 5.74) is 5.18. The summed E-state index contributed by atoms with van der Waals surface area (Å²) in [4.78, 5) is 16.2. The number of amides is 2. The molecule has 2 heterocycles. The van der Waals surface area contributed by atoms with Crippen molar-refractivity contribution in [2.45, 2.75) is 26.4 Å². The minimum Gasteiger partial charge on any atom is -0.489 e. The zero-order valence-electron chi connectivity index (χ0n) is 15.4. The second kappa shape index (κ2) is 8.54. The first-order valence-corrected chi connectivity index (χ1v) is 9.11. The molecule has 0 saturated carbocycles. The van der Waals surface area contributed by atoms with Crippen LogP contribution < -0.4 is 15.4 Å². The molecule has 0 atom stereocenters. The fourth-order valence-corrected chi connectivity index (χ4v) is 2.98. The quantitative estimate of drug-likeness (QED) is 0.683. The number of nitrogens with one attached hydrogen (secondary N) is 2. The number of carbonyl (C=O) groups is 1. The smallest absolute Gasteiger partial charge is 0.319 e. The summed E-state index contributed by atoms with van der Waals surface area (Å²) in [7, 11) is 0. The Kier molecular flexibility index (Phi) is 5.49. The molecule has 2 amide bonds. The average molecular weight is 375 g/mol. The van der Waals surface area contributed by atoms with Gasteiger partial charge in [-0.1, -0.05) is 24.3 Å². The van der Waals surface area contributed by atoms with E-state index in [0.29, 0.717) is 32.1 Å². The van der Waals surface area contributed by atoms with E-state index >= 15 is 0 Å². The van der Waals surface area contributed by atoms with E-state index in [1.807, 2.05) is 42.5 Å². The Morgan fingerprint density at radius 2 is 1.89 bits per heavy atom. The Morgan fingerprint density at radius 1 is 1.04 bits per heavy atom. The van der Waals surface area contributed by atoms with Gasteiger partial charge in [-0.05, 0) is 47.0 Å². The SMILES string of the molecule is O=C(NCc1ccc2c(c1)COC2)Nc1ccc(OCc2cccnc2)cc1. The van der Waals surface area contributed by atoms with Crippen LogP contribution in [0.4, 0.5) is 10.5 Å². The van der Waals surface area contributed by atoms with Crippen molar-refractivity contribution in [3.8, 4) is 5.75 Å². The van der Waals surface area contributed by atoms with Crippen LogP contribution in [0.3, 0.4) is 0 Å². The van der Waals surface area contributed by atoms with Gasteiger partial charge in [-0.2, -0.15) is 0 Å². The minimum atomic E-state index is -0.249. The van der Waals surface area contributed by atoms with Crippen molar-refractivity contribution in [3.05, 3.63) is 89.2 Å². The van der Waals surface area contributed by atoms with Gasteiger partial charge in [0, 0.05) is 30.2 Å². The molecule has 1 aromatic heterocycles. The van der Waals surface area contributed by atoms with Crippen LogP contribution in [-0.4, -0.2) is 11.0 Å². The Hall–Kier alpha value is -3.38. The van der Waals surface area contributed by atoms with Crippen LogP contribution in [-0.2, 0) is 31.1 Å². The molecule has 142 valence electrons. The molecule has 2 N–H and O–H groups in total. The lowest BCUT2D eigenvalue weighted by Gasteiger charge is -2.10. The Labute approximate surface area is 163 Å². The topological polar surface area (TPSA) is 72.5 Å². The molecule has 6 nitrogen and oxygen atoms in total. The second-order valence-corrected chi connectivity index (χ2v) is 6.58. The second-order valence-electron chi connectivity index (χ2n) is 6.58. The average Bonchev–Trinajstić information content (AvgIpc) is 3.20. The molecule has 0 fully saturated rings. The van der Waals surface area contributed by atoms with E-state index in [2.05, 4.69) is 27.8 Å². The molecular formula is C22H21N3O3. The summed E-state index contributed by atoms with van der Waals surface area (Å²) in [5, 5.41) is 5.70.